The summed E-state index contributed by atoms with van der Waals surface area (Å²) in [5.41, 5.74) is 21.0. The van der Waals surface area contributed by atoms with E-state index in [4.69, 9.17) is 20.7 Å². The maximum Gasteiger partial charge on any atom is 0.0975 e. The molecule has 0 amide bonds. The number of aliphatic imine (C=N–C) groups is 1. The van der Waals surface area contributed by atoms with Gasteiger partial charge in [0.05, 0.1) is 34.2 Å². The lowest BCUT2D eigenvalue weighted by molar-refractivity contribution is 0.820. The quantitative estimate of drug-likeness (QED) is 0.112. The Bertz CT molecular complexity index is 2820. The van der Waals surface area contributed by atoms with E-state index in [0.29, 0.717) is 11.6 Å². The van der Waals surface area contributed by atoms with Crippen LogP contribution in [0.25, 0.3) is 50.0 Å². The summed E-state index contributed by atoms with van der Waals surface area (Å²) >= 11 is 0. The Morgan fingerprint density at radius 2 is 1.28 bits per heavy atom. The predicted octanol–water partition coefficient (Wildman–Crippen LogP) is 12.9. The van der Waals surface area contributed by atoms with Crippen molar-refractivity contribution in [2.45, 2.75) is 31.7 Å². The SMILES string of the molecule is CC(N=C(/C=C(\N)c1ccccc1)c1ccccc1)c1ccc(Cc2ccc(-c3ccc4ccc5c(C6C=CC=CC6)cc(-c6ccccc6)nc5c4n3)cc2)cc1. The molecule has 1 aliphatic carbocycles. The molecule has 4 nitrogen and oxygen atoms in total. The van der Waals surface area contributed by atoms with Crippen molar-refractivity contribution in [1.29, 1.82) is 0 Å². The minimum Gasteiger partial charge on any atom is -0.398 e. The van der Waals surface area contributed by atoms with Crippen LogP contribution in [0.1, 0.15) is 58.7 Å². The summed E-state index contributed by atoms with van der Waals surface area (Å²) in [6.07, 6.45) is 12.6. The second-order valence-electron chi connectivity index (χ2n) is 15.0. The first-order valence-corrected chi connectivity index (χ1v) is 20.0. The highest BCUT2D eigenvalue weighted by Crippen LogP contribution is 2.37. The number of fused-ring (bicyclic) bond motifs is 3. The summed E-state index contributed by atoms with van der Waals surface area (Å²) in [7, 11) is 0. The Morgan fingerprint density at radius 3 is 1.97 bits per heavy atom. The van der Waals surface area contributed by atoms with Gasteiger partial charge in [-0.25, -0.2) is 9.97 Å². The maximum atomic E-state index is 6.55. The molecule has 0 radical (unpaired) electrons. The van der Waals surface area contributed by atoms with Gasteiger partial charge in [-0.3, -0.25) is 4.99 Å². The maximum absolute atomic E-state index is 6.55. The van der Waals surface area contributed by atoms with Gasteiger partial charge in [-0.05, 0) is 71.4 Å². The van der Waals surface area contributed by atoms with Gasteiger partial charge in [0.25, 0.3) is 0 Å². The molecular weight excluding hydrogens is 705 g/mol. The number of hydrogen-bond donors (Lipinski definition) is 1. The fraction of sp³-hybridized carbons (Fsp3) is 0.0926. The zero-order chi connectivity index (χ0) is 39.3. The van der Waals surface area contributed by atoms with Crippen molar-refractivity contribution in [3.63, 3.8) is 0 Å². The third-order valence-corrected chi connectivity index (χ3v) is 11.0. The van der Waals surface area contributed by atoms with E-state index >= 15 is 0 Å². The first kappa shape index (κ1) is 36.5. The predicted molar refractivity (Wildman–Crippen MR) is 243 cm³/mol. The number of rotatable bonds is 10. The van der Waals surface area contributed by atoms with Gasteiger partial charge in [0.1, 0.15) is 0 Å². The molecule has 0 saturated heterocycles. The van der Waals surface area contributed by atoms with E-state index in [-0.39, 0.29) is 6.04 Å². The Balaban J connectivity index is 0.962. The average Bonchev–Trinajstić information content (AvgIpc) is 3.29. The Morgan fingerprint density at radius 1 is 0.655 bits per heavy atom. The molecular formula is C54H44N4. The number of hydrogen-bond acceptors (Lipinski definition) is 4. The summed E-state index contributed by atoms with van der Waals surface area (Å²) in [5, 5.41) is 2.24. The van der Waals surface area contributed by atoms with Crippen LogP contribution in [0, 0.1) is 0 Å². The molecule has 0 aliphatic heterocycles. The molecule has 58 heavy (non-hydrogen) atoms. The Kier molecular flexibility index (Phi) is 10.4. The van der Waals surface area contributed by atoms with Crippen molar-refractivity contribution >= 4 is 33.2 Å². The number of benzene rings is 6. The molecule has 280 valence electrons. The van der Waals surface area contributed by atoms with E-state index in [1.54, 1.807) is 0 Å². The molecule has 8 aromatic rings. The van der Waals surface area contributed by atoms with Crippen molar-refractivity contribution in [3.8, 4) is 22.5 Å². The van der Waals surface area contributed by atoms with Gasteiger partial charge in [0.2, 0.25) is 0 Å². The minimum absolute atomic E-state index is 0.0529. The third-order valence-electron chi connectivity index (χ3n) is 11.0. The standard InChI is InChI=1S/C54H44N4/c1-37(56-52(44-20-12-5-13-21-44)36-49(55)42-16-8-3-9-17-42)40-26-22-38(23-27-40)34-39-24-28-45(29-25-39)50-33-31-46-30-32-47-48(41-14-6-2-7-15-41)35-51(43-18-10-4-11-19-43)58-54(47)53(46)57-50/h2-14,16-33,35-37,41H,15,34,55H2,1H3/b49-36-,56-52?. The topological polar surface area (TPSA) is 64.2 Å². The molecule has 2 unspecified atom stereocenters. The largest absolute Gasteiger partial charge is 0.398 e. The first-order valence-electron chi connectivity index (χ1n) is 20.0. The van der Waals surface area contributed by atoms with Gasteiger partial charge in [0, 0.05) is 33.5 Å². The molecule has 2 atom stereocenters. The molecule has 0 bridgehead atoms. The van der Waals surface area contributed by atoms with Crippen molar-refractivity contribution in [2.24, 2.45) is 10.7 Å². The molecule has 4 heteroatoms. The summed E-state index contributed by atoms with van der Waals surface area (Å²) in [4.78, 5) is 15.7. The second kappa shape index (κ2) is 16.5. The van der Waals surface area contributed by atoms with Gasteiger partial charge in [-0.2, -0.15) is 0 Å². The Hall–Kier alpha value is -7.17. The smallest absolute Gasteiger partial charge is 0.0975 e. The van der Waals surface area contributed by atoms with Crippen molar-refractivity contribution in [3.05, 3.63) is 234 Å². The van der Waals surface area contributed by atoms with Crippen LogP contribution in [0.4, 0.5) is 0 Å². The van der Waals surface area contributed by atoms with Gasteiger partial charge < -0.3 is 5.73 Å². The van der Waals surface area contributed by atoms with Crippen LogP contribution < -0.4 is 5.73 Å². The summed E-state index contributed by atoms with van der Waals surface area (Å²) in [6.45, 7) is 2.13. The van der Waals surface area contributed by atoms with Crippen LogP contribution in [0.5, 0.6) is 0 Å². The fourth-order valence-electron chi connectivity index (χ4n) is 7.82. The van der Waals surface area contributed by atoms with Crippen LogP contribution in [0.3, 0.4) is 0 Å². The fourth-order valence-corrected chi connectivity index (χ4v) is 7.82. The molecule has 0 saturated carbocycles. The number of nitrogens with zero attached hydrogens (tertiary/aromatic N) is 3. The van der Waals surface area contributed by atoms with Gasteiger partial charge in [-0.1, -0.05) is 182 Å². The molecule has 9 rings (SSSR count). The lowest BCUT2D eigenvalue weighted by atomic mass is 9.88. The second-order valence-corrected chi connectivity index (χ2v) is 15.0. The van der Waals surface area contributed by atoms with E-state index in [1.807, 2.05) is 60.7 Å². The lowest BCUT2D eigenvalue weighted by Gasteiger charge is -2.18. The van der Waals surface area contributed by atoms with Crippen LogP contribution in [-0.4, -0.2) is 15.7 Å². The zero-order valence-electron chi connectivity index (χ0n) is 32.5. The molecule has 0 spiro atoms. The molecule has 1 aliphatic rings. The van der Waals surface area contributed by atoms with E-state index in [0.717, 1.165) is 79.6 Å². The number of aromatic nitrogens is 2. The van der Waals surface area contributed by atoms with E-state index < -0.39 is 0 Å². The van der Waals surface area contributed by atoms with Crippen molar-refractivity contribution < 1.29 is 0 Å². The Labute approximate surface area is 340 Å². The van der Waals surface area contributed by atoms with E-state index in [9.17, 15) is 0 Å². The number of nitrogens with two attached hydrogens (primary N) is 1. The van der Waals surface area contributed by atoms with Crippen LogP contribution in [0.2, 0.25) is 0 Å². The van der Waals surface area contributed by atoms with Gasteiger partial charge >= 0.3 is 0 Å². The first-order chi connectivity index (χ1) is 28.6. The number of pyridine rings is 2. The van der Waals surface area contributed by atoms with Crippen molar-refractivity contribution in [1.82, 2.24) is 9.97 Å². The van der Waals surface area contributed by atoms with Gasteiger partial charge in [-0.15, -0.1) is 0 Å². The monoisotopic (exact) mass is 748 g/mol. The minimum atomic E-state index is -0.0529. The summed E-state index contributed by atoms with van der Waals surface area (Å²) in [5.74, 6) is 0.291. The van der Waals surface area contributed by atoms with Crippen LogP contribution >= 0.6 is 0 Å². The van der Waals surface area contributed by atoms with E-state index in [2.05, 4.69) is 146 Å². The molecule has 6 aromatic carbocycles. The zero-order valence-corrected chi connectivity index (χ0v) is 32.5. The third kappa shape index (κ3) is 7.91. The van der Waals surface area contributed by atoms with Crippen LogP contribution in [-0.2, 0) is 6.42 Å². The highest BCUT2D eigenvalue weighted by molar-refractivity contribution is 6.12. The van der Waals surface area contributed by atoms with Crippen molar-refractivity contribution in [2.75, 3.05) is 0 Å². The summed E-state index contributed by atoms with van der Waals surface area (Å²) < 4.78 is 0. The van der Waals surface area contributed by atoms with Crippen LogP contribution in [0.15, 0.2) is 205 Å². The lowest BCUT2D eigenvalue weighted by Crippen LogP contribution is -2.05. The highest BCUT2D eigenvalue weighted by Gasteiger charge is 2.18. The molecule has 2 heterocycles. The number of allylic oxidation sites excluding steroid dienone is 5. The molecule has 2 aromatic heterocycles. The average molecular weight is 749 g/mol. The van der Waals surface area contributed by atoms with E-state index in [1.165, 1.54) is 16.7 Å². The molecule has 2 N–H and O–H groups in total. The molecule has 0 fully saturated rings. The van der Waals surface area contributed by atoms with Gasteiger partial charge in [0.15, 0.2) is 0 Å². The highest BCUT2D eigenvalue weighted by atomic mass is 14.8. The normalized spacial score (nSPS) is 14.9. The summed E-state index contributed by atoms with van der Waals surface area (Å²) in [6, 6.07) is 59.3.